The van der Waals surface area contributed by atoms with Gasteiger partial charge in [0.05, 0.1) is 16.5 Å². The number of carbonyl (C=O) groups excluding carboxylic acids is 1. The van der Waals surface area contributed by atoms with Crippen molar-refractivity contribution in [3.63, 3.8) is 0 Å². The number of unbranched alkanes of at least 4 members (excludes halogenated alkanes) is 1. The maximum absolute atomic E-state index is 13.1. The van der Waals surface area contributed by atoms with Crippen molar-refractivity contribution in [3.05, 3.63) is 67.3 Å². The van der Waals surface area contributed by atoms with E-state index in [9.17, 15) is 32.7 Å². The largest absolute Gasteiger partial charge is 0.480 e. The maximum atomic E-state index is 13.1. The second-order valence-electron chi connectivity index (χ2n) is 10.2. The molecule has 45 heavy (non-hydrogen) atoms. The fraction of sp³-hybridized carbons (Fsp3) is 0.321. The number of oxazole rings is 1. The Bertz CT molecular complexity index is 1960. The Morgan fingerprint density at radius 3 is 2.33 bits per heavy atom. The number of amides is 1. The SMILES string of the molecule is CC(C=CC=c1oc(=C2SC(=S)N(CC(=O)O)C2=O)n(CC(=O)O)c1=O)=C1Sc2cc(C)c(C)cc2N1CCCCS(=O)(=O)O. The number of benzene rings is 1. The van der Waals surface area contributed by atoms with Gasteiger partial charge in [-0.25, -0.2) is 0 Å². The molecule has 2 aliphatic heterocycles. The molecule has 1 aromatic carbocycles. The second kappa shape index (κ2) is 13.8. The van der Waals surface area contributed by atoms with Gasteiger partial charge < -0.3 is 19.5 Å². The van der Waals surface area contributed by atoms with Crippen LogP contribution >= 0.6 is 35.7 Å². The molecule has 2 aliphatic rings. The first-order valence-corrected chi connectivity index (χ1v) is 17.0. The van der Waals surface area contributed by atoms with E-state index in [0.29, 0.717) is 24.7 Å². The molecule has 3 heterocycles. The zero-order valence-electron chi connectivity index (χ0n) is 24.3. The maximum Gasteiger partial charge on any atom is 0.323 e. The highest BCUT2D eigenvalue weighted by Crippen LogP contribution is 2.48. The number of rotatable bonds is 11. The molecule has 0 atom stereocenters. The normalized spacial score (nSPS) is 18.0. The highest BCUT2D eigenvalue weighted by atomic mass is 32.2. The highest BCUT2D eigenvalue weighted by Gasteiger charge is 2.36. The van der Waals surface area contributed by atoms with Gasteiger partial charge in [0.25, 0.3) is 21.6 Å². The Labute approximate surface area is 271 Å². The number of hydrogen-bond donors (Lipinski definition) is 3. The Morgan fingerprint density at radius 2 is 1.69 bits per heavy atom. The summed E-state index contributed by atoms with van der Waals surface area (Å²) in [5.74, 6) is -3.81. The Morgan fingerprint density at radius 1 is 1.02 bits per heavy atom. The van der Waals surface area contributed by atoms with Gasteiger partial charge in [0.15, 0.2) is 5.42 Å². The van der Waals surface area contributed by atoms with Gasteiger partial charge in [-0.05, 0) is 80.3 Å². The molecule has 0 spiro atoms. The van der Waals surface area contributed by atoms with Gasteiger partial charge in [-0.3, -0.25) is 33.2 Å². The molecule has 0 aliphatic carbocycles. The molecule has 1 saturated heterocycles. The Hall–Kier alpha value is -3.64. The van der Waals surface area contributed by atoms with Crippen molar-refractivity contribution in [1.82, 2.24) is 9.47 Å². The van der Waals surface area contributed by atoms with E-state index < -0.39 is 46.6 Å². The van der Waals surface area contributed by atoms with Gasteiger partial charge in [0.2, 0.25) is 5.55 Å². The number of allylic oxidation sites excluding steroid dienone is 3. The second-order valence-corrected chi connectivity index (χ2v) is 14.5. The fourth-order valence-corrected chi connectivity index (χ4v) is 7.62. The smallest absolute Gasteiger partial charge is 0.323 e. The molecule has 13 nitrogen and oxygen atoms in total. The van der Waals surface area contributed by atoms with Crippen molar-refractivity contribution in [3.8, 4) is 0 Å². The number of fused-ring (bicyclic) bond motifs is 1. The van der Waals surface area contributed by atoms with E-state index in [1.807, 2.05) is 20.8 Å². The number of thiocarbonyl (C=S) groups is 1. The summed E-state index contributed by atoms with van der Waals surface area (Å²) in [5, 5.41) is 19.4. The lowest BCUT2D eigenvalue weighted by Crippen LogP contribution is -2.36. The number of aliphatic carboxylic acids is 2. The molecule has 0 radical (unpaired) electrons. The van der Waals surface area contributed by atoms with E-state index in [2.05, 4.69) is 17.0 Å². The number of carboxylic acids is 2. The van der Waals surface area contributed by atoms with E-state index >= 15 is 0 Å². The third kappa shape index (κ3) is 7.96. The summed E-state index contributed by atoms with van der Waals surface area (Å²) in [7, 11) is -4.07. The van der Waals surface area contributed by atoms with E-state index in [4.69, 9.17) is 26.3 Å². The number of hydrogen-bond acceptors (Lipinski definition) is 11. The van der Waals surface area contributed by atoms with Gasteiger partial charge in [-0.1, -0.05) is 36.1 Å². The van der Waals surface area contributed by atoms with Crippen LogP contribution in [-0.2, 0) is 31.0 Å². The van der Waals surface area contributed by atoms with E-state index in [-0.39, 0.29) is 32.4 Å². The summed E-state index contributed by atoms with van der Waals surface area (Å²) >= 11 is 7.35. The van der Waals surface area contributed by atoms with Gasteiger partial charge >= 0.3 is 11.9 Å². The summed E-state index contributed by atoms with van der Waals surface area (Å²) in [4.78, 5) is 52.4. The lowest BCUT2D eigenvalue weighted by molar-refractivity contribution is -0.140. The average Bonchev–Trinajstić information content (AvgIpc) is 3.53. The zero-order chi connectivity index (χ0) is 33.2. The third-order valence-corrected chi connectivity index (χ3v) is 10.3. The predicted molar refractivity (Wildman–Crippen MR) is 174 cm³/mol. The predicted octanol–water partition coefficient (Wildman–Crippen LogP) is 2.04. The van der Waals surface area contributed by atoms with Crippen LogP contribution in [0.4, 0.5) is 5.69 Å². The first kappa shape index (κ1) is 34.2. The van der Waals surface area contributed by atoms with Crippen LogP contribution in [0.25, 0.3) is 11.0 Å². The fourth-order valence-electron chi connectivity index (χ4n) is 4.54. The molecule has 3 N–H and O–H groups in total. The van der Waals surface area contributed by atoms with E-state index in [1.165, 1.54) is 17.8 Å². The van der Waals surface area contributed by atoms with Crippen LogP contribution in [0, 0.1) is 13.8 Å². The lowest BCUT2D eigenvalue weighted by atomic mass is 10.1. The van der Waals surface area contributed by atoms with Crippen LogP contribution in [0.5, 0.6) is 0 Å². The number of aryl methyl sites for hydroxylation is 2. The van der Waals surface area contributed by atoms with Crippen LogP contribution in [0.2, 0.25) is 0 Å². The molecular weight excluding hydrogens is 667 g/mol. The molecule has 17 heteroatoms. The number of aromatic nitrogens is 1. The van der Waals surface area contributed by atoms with Crippen LogP contribution in [0.3, 0.4) is 0 Å². The van der Waals surface area contributed by atoms with Crippen molar-refractivity contribution in [2.24, 2.45) is 0 Å². The van der Waals surface area contributed by atoms with E-state index in [0.717, 1.165) is 41.8 Å². The monoisotopic (exact) mass is 695 g/mol. The van der Waals surface area contributed by atoms with Crippen molar-refractivity contribution in [2.75, 3.05) is 23.7 Å². The van der Waals surface area contributed by atoms with Gasteiger partial charge in [0, 0.05) is 11.4 Å². The minimum atomic E-state index is -4.07. The third-order valence-electron chi connectivity index (χ3n) is 6.82. The number of carboxylic acid groups (broad SMARTS) is 2. The van der Waals surface area contributed by atoms with Crippen LogP contribution in [0.15, 0.2) is 49.0 Å². The first-order chi connectivity index (χ1) is 21.1. The lowest BCUT2D eigenvalue weighted by Gasteiger charge is -2.22. The summed E-state index contributed by atoms with van der Waals surface area (Å²) in [6.45, 7) is 4.87. The van der Waals surface area contributed by atoms with Crippen molar-refractivity contribution in [2.45, 2.75) is 45.1 Å². The minimum absolute atomic E-state index is 0.0706. The molecule has 1 amide bonds. The van der Waals surface area contributed by atoms with Crippen molar-refractivity contribution >= 4 is 84.7 Å². The van der Waals surface area contributed by atoms with Crippen LogP contribution in [0.1, 0.15) is 30.9 Å². The summed E-state index contributed by atoms with van der Waals surface area (Å²) < 4.78 is 37.8. The van der Waals surface area contributed by atoms with Gasteiger partial charge in [-0.2, -0.15) is 8.42 Å². The molecular formula is C28H29N3O10S4. The number of thioether (sulfide) groups is 2. The number of carbonyl (C=O) groups is 3. The zero-order valence-corrected chi connectivity index (χ0v) is 27.6. The molecule has 1 aromatic heterocycles. The minimum Gasteiger partial charge on any atom is -0.480 e. The van der Waals surface area contributed by atoms with Crippen LogP contribution < -0.4 is 21.4 Å². The molecule has 0 unspecified atom stereocenters. The van der Waals surface area contributed by atoms with Gasteiger partial charge in [0.1, 0.15) is 22.3 Å². The Balaban J connectivity index is 1.71. The molecule has 4 rings (SSSR count). The van der Waals surface area contributed by atoms with Gasteiger partial charge in [-0.15, -0.1) is 0 Å². The number of nitrogens with zero attached hydrogens (tertiary/aromatic N) is 3. The molecule has 240 valence electrons. The summed E-state index contributed by atoms with van der Waals surface area (Å²) in [6.07, 6.45) is 5.39. The number of anilines is 1. The molecule has 2 aromatic rings. The first-order valence-electron chi connectivity index (χ1n) is 13.4. The van der Waals surface area contributed by atoms with Crippen molar-refractivity contribution < 1.29 is 42.0 Å². The standard InChI is InChI=1S/C28H29N3O10S4/c1-15(27-29(9-4-5-10-45(38,39)40)18-11-16(2)17(3)12-20(18)43-27)7-6-8-19-24(36)30(13-21(32)33)26(41-19)23-25(37)31(14-22(34)35)28(42)44-23/h6-8,11-12H,4-5,9-10,13-14H2,1-3H3,(H,32,33)(H,34,35)(H,38,39,40). The molecule has 1 fully saturated rings. The van der Waals surface area contributed by atoms with E-state index in [1.54, 1.807) is 12.2 Å². The molecule has 0 saturated carbocycles. The topological polar surface area (TPSA) is 188 Å². The van der Waals surface area contributed by atoms with Crippen molar-refractivity contribution in [1.29, 1.82) is 0 Å². The molecule has 0 bridgehead atoms. The Kier molecular flexibility index (Phi) is 10.5. The summed E-state index contributed by atoms with van der Waals surface area (Å²) in [5.41, 5.74) is 2.59. The van der Waals surface area contributed by atoms with Crippen LogP contribution in [-0.4, -0.2) is 73.7 Å². The summed E-state index contributed by atoms with van der Waals surface area (Å²) in [6, 6.07) is 4.14. The quantitative estimate of drug-likeness (QED) is 0.176. The average molecular weight is 696 g/mol. The highest BCUT2D eigenvalue weighted by molar-refractivity contribution is 8.30.